The zero-order valence-corrected chi connectivity index (χ0v) is 15.4. The fourth-order valence-electron chi connectivity index (χ4n) is 3.03. The summed E-state index contributed by atoms with van der Waals surface area (Å²) in [6.07, 6.45) is 3.12. The van der Waals surface area contributed by atoms with Gasteiger partial charge in [0.1, 0.15) is 0 Å². The Hall–Kier alpha value is -2.53. The number of carbonyl (C=O) groups excluding carboxylic acids is 2. The van der Waals surface area contributed by atoms with E-state index in [2.05, 4.69) is 5.32 Å². The van der Waals surface area contributed by atoms with Gasteiger partial charge >= 0.3 is 0 Å². The molecule has 2 aromatic carbocycles. The van der Waals surface area contributed by atoms with Gasteiger partial charge in [-0.25, -0.2) is 0 Å². The molecule has 3 rings (SSSR count). The van der Waals surface area contributed by atoms with Crippen LogP contribution in [-0.4, -0.2) is 29.8 Å². The molecule has 0 bridgehead atoms. The van der Waals surface area contributed by atoms with Gasteiger partial charge in [-0.2, -0.15) is 0 Å². The number of anilines is 2. The van der Waals surface area contributed by atoms with Crippen molar-refractivity contribution in [2.45, 2.75) is 25.7 Å². The van der Waals surface area contributed by atoms with E-state index in [1.807, 2.05) is 29.2 Å². The molecule has 1 aliphatic heterocycles. The molecule has 0 atom stereocenters. The predicted molar refractivity (Wildman–Crippen MR) is 107 cm³/mol. The number of amides is 2. The van der Waals surface area contributed by atoms with Gasteiger partial charge in [-0.1, -0.05) is 18.2 Å². The van der Waals surface area contributed by atoms with Crippen LogP contribution in [0.3, 0.4) is 0 Å². The van der Waals surface area contributed by atoms with Crippen LogP contribution < -0.4 is 11.1 Å². The number of aryl methyl sites for hydroxylation is 1. The molecule has 1 heterocycles. The van der Waals surface area contributed by atoms with Crippen LogP contribution in [0.2, 0.25) is 0 Å². The first-order chi connectivity index (χ1) is 12.1. The smallest absolute Gasteiger partial charge is 0.253 e. The molecule has 138 valence electrons. The summed E-state index contributed by atoms with van der Waals surface area (Å²) in [7, 11) is 0. The number of nitrogens with two attached hydrogens (primary N) is 1. The van der Waals surface area contributed by atoms with Crippen LogP contribution >= 0.6 is 12.4 Å². The predicted octanol–water partition coefficient (Wildman–Crippen LogP) is 3.50. The molecule has 2 aromatic rings. The number of nitrogens with zero attached hydrogens (tertiary/aromatic N) is 1. The lowest BCUT2D eigenvalue weighted by Gasteiger charge is -2.15. The quantitative estimate of drug-likeness (QED) is 0.787. The van der Waals surface area contributed by atoms with Gasteiger partial charge in [-0.3, -0.25) is 9.59 Å². The topological polar surface area (TPSA) is 75.4 Å². The standard InChI is InChI=1S/C20H23N3O2.ClH/c21-18-6-2-1-5-15(18)9-12-19(24)22-17-10-7-16(8-11-17)20(25)23-13-3-4-14-23;/h1-2,5-8,10-11H,3-4,9,12-14,21H2,(H,22,24);1H. The molecule has 1 aliphatic rings. The molecule has 5 nitrogen and oxygen atoms in total. The second kappa shape index (κ2) is 9.25. The zero-order chi connectivity index (χ0) is 17.6. The molecular formula is C20H24ClN3O2. The molecule has 1 fully saturated rings. The van der Waals surface area contributed by atoms with Crippen molar-refractivity contribution in [2.75, 3.05) is 24.1 Å². The van der Waals surface area contributed by atoms with Crippen LogP contribution in [0, 0.1) is 0 Å². The summed E-state index contributed by atoms with van der Waals surface area (Å²) in [5.41, 5.74) is 8.93. The summed E-state index contributed by atoms with van der Waals surface area (Å²) in [6.45, 7) is 1.67. The lowest BCUT2D eigenvalue weighted by atomic mass is 10.1. The Bertz CT molecular complexity index is 756. The molecule has 1 saturated heterocycles. The van der Waals surface area contributed by atoms with E-state index in [4.69, 9.17) is 5.73 Å². The van der Waals surface area contributed by atoms with Gasteiger partial charge in [0.15, 0.2) is 0 Å². The molecule has 0 spiro atoms. The average molecular weight is 374 g/mol. The number of hydrogen-bond acceptors (Lipinski definition) is 3. The maximum absolute atomic E-state index is 12.3. The van der Waals surface area contributed by atoms with Gasteiger partial charge in [0.05, 0.1) is 0 Å². The minimum atomic E-state index is -0.0677. The minimum Gasteiger partial charge on any atom is -0.399 e. The fraction of sp³-hybridized carbons (Fsp3) is 0.300. The Morgan fingerprint density at radius 1 is 1.00 bits per heavy atom. The Kier molecular flexibility index (Phi) is 7.04. The number of rotatable bonds is 5. The van der Waals surface area contributed by atoms with E-state index < -0.39 is 0 Å². The van der Waals surface area contributed by atoms with Crippen LogP contribution in [-0.2, 0) is 11.2 Å². The van der Waals surface area contributed by atoms with Gasteiger partial charge in [-0.05, 0) is 55.2 Å². The SMILES string of the molecule is Cl.Nc1ccccc1CCC(=O)Nc1ccc(C(=O)N2CCCC2)cc1. The van der Waals surface area contributed by atoms with Crippen LogP contribution in [0.5, 0.6) is 0 Å². The van der Waals surface area contributed by atoms with Gasteiger partial charge < -0.3 is 16.0 Å². The zero-order valence-electron chi connectivity index (χ0n) is 14.6. The first kappa shape index (κ1) is 19.8. The van der Waals surface area contributed by atoms with Crippen molar-refractivity contribution < 1.29 is 9.59 Å². The first-order valence-corrected chi connectivity index (χ1v) is 8.66. The van der Waals surface area contributed by atoms with Crippen molar-refractivity contribution in [3.8, 4) is 0 Å². The molecule has 0 aromatic heterocycles. The summed E-state index contributed by atoms with van der Waals surface area (Å²) >= 11 is 0. The number of hydrogen-bond donors (Lipinski definition) is 2. The van der Waals surface area contributed by atoms with Crippen LogP contribution in [0.25, 0.3) is 0 Å². The molecule has 0 radical (unpaired) electrons. The van der Waals surface area contributed by atoms with E-state index in [1.165, 1.54) is 0 Å². The highest BCUT2D eigenvalue weighted by atomic mass is 35.5. The van der Waals surface area contributed by atoms with Crippen LogP contribution in [0.15, 0.2) is 48.5 Å². The van der Waals surface area contributed by atoms with E-state index in [1.54, 1.807) is 24.3 Å². The first-order valence-electron chi connectivity index (χ1n) is 8.66. The third-order valence-electron chi connectivity index (χ3n) is 4.49. The Labute approximate surface area is 160 Å². The molecular weight excluding hydrogens is 350 g/mol. The summed E-state index contributed by atoms with van der Waals surface area (Å²) in [5.74, 6) is -0.00296. The van der Waals surface area contributed by atoms with Crippen LogP contribution in [0.1, 0.15) is 35.2 Å². The van der Waals surface area contributed by atoms with E-state index in [0.29, 0.717) is 29.8 Å². The molecule has 0 aliphatic carbocycles. The molecule has 2 amide bonds. The van der Waals surface area contributed by atoms with Gasteiger partial charge in [0.25, 0.3) is 5.91 Å². The highest BCUT2D eigenvalue weighted by Gasteiger charge is 2.19. The van der Waals surface area contributed by atoms with Crippen molar-refractivity contribution in [1.29, 1.82) is 0 Å². The molecule has 0 saturated carbocycles. The molecule has 3 N–H and O–H groups in total. The monoisotopic (exact) mass is 373 g/mol. The summed E-state index contributed by atoms with van der Waals surface area (Å²) in [5, 5.41) is 2.86. The number of carbonyl (C=O) groups is 2. The third kappa shape index (κ3) is 4.99. The molecule has 26 heavy (non-hydrogen) atoms. The van der Waals surface area contributed by atoms with Crippen molar-refractivity contribution in [2.24, 2.45) is 0 Å². The van der Waals surface area contributed by atoms with Gasteiger partial charge in [0, 0.05) is 36.4 Å². The summed E-state index contributed by atoms with van der Waals surface area (Å²) in [4.78, 5) is 26.3. The maximum Gasteiger partial charge on any atom is 0.253 e. The summed E-state index contributed by atoms with van der Waals surface area (Å²) in [6, 6.07) is 14.7. The van der Waals surface area contributed by atoms with Crippen LogP contribution in [0.4, 0.5) is 11.4 Å². The van der Waals surface area contributed by atoms with E-state index in [0.717, 1.165) is 31.5 Å². The Morgan fingerprint density at radius 2 is 1.65 bits per heavy atom. The minimum absolute atomic E-state index is 0. The largest absolute Gasteiger partial charge is 0.399 e. The van der Waals surface area contributed by atoms with E-state index in [9.17, 15) is 9.59 Å². The second-order valence-corrected chi connectivity index (χ2v) is 6.32. The number of nitrogen functional groups attached to an aromatic ring is 1. The highest BCUT2D eigenvalue weighted by Crippen LogP contribution is 2.16. The normalized spacial score (nSPS) is 13.2. The highest BCUT2D eigenvalue weighted by molar-refractivity contribution is 5.96. The average Bonchev–Trinajstić information content (AvgIpc) is 3.16. The summed E-state index contributed by atoms with van der Waals surface area (Å²) < 4.78 is 0. The van der Waals surface area contributed by atoms with E-state index >= 15 is 0 Å². The number of likely N-dealkylation sites (tertiary alicyclic amines) is 1. The molecule has 6 heteroatoms. The van der Waals surface area contributed by atoms with Crippen molar-refractivity contribution >= 4 is 35.6 Å². The number of para-hydroxylation sites is 1. The lowest BCUT2D eigenvalue weighted by molar-refractivity contribution is -0.116. The van der Waals surface area contributed by atoms with Gasteiger partial charge in [0.2, 0.25) is 5.91 Å². The maximum atomic E-state index is 12.3. The molecule has 0 unspecified atom stereocenters. The second-order valence-electron chi connectivity index (χ2n) is 6.32. The fourth-order valence-corrected chi connectivity index (χ4v) is 3.03. The van der Waals surface area contributed by atoms with E-state index in [-0.39, 0.29) is 24.2 Å². The third-order valence-corrected chi connectivity index (χ3v) is 4.49. The van der Waals surface area contributed by atoms with Gasteiger partial charge in [-0.15, -0.1) is 12.4 Å². The number of benzene rings is 2. The number of halogens is 1. The number of nitrogens with one attached hydrogen (secondary N) is 1. The van der Waals surface area contributed by atoms with Crippen molar-refractivity contribution in [3.63, 3.8) is 0 Å². The van der Waals surface area contributed by atoms with Crippen molar-refractivity contribution in [1.82, 2.24) is 4.90 Å². The van der Waals surface area contributed by atoms with Crippen molar-refractivity contribution in [3.05, 3.63) is 59.7 Å². The Balaban J connectivity index is 0.00000243. The lowest BCUT2D eigenvalue weighted by Crippen LogP contribution is -2.27. The Morgan fingerprint density at radius 3 is 2.31 bits per heavy atom.